The molecule has 0 heterocycles. The van der Waals surface area contributed by atoms with Gasteiger partial charge in [0.1, 0.15) is 0 Å². The molecule has 1 saturated carbocycles. The number of hydrogen-bond acceptors (Lipinski definition) is 3. The quantitative estimate of drug-likeness (QED) is 0.758. The van der Waals surface area contributed by atoms with Crippen molar-refractivity contribution >= 4 is 17.4 Å². The number of thioether (sulfide) groups is 1. The molecule has 0 saturated heterocycles. The van der Waals surface area contributed by atoms with Crippen molar-refractivity contribution < 1.29 is 5.11 Å². The average Bonchev–Trinajstić information content (AvgIpc) is 2.58. The minimum absolute atomic E-state index is 0.157. The molecule has 0 spiro atoms. The summed E-state index contributed by atoms with van der Waals surface area (Å²) in [4.78, 5) is 1.11. The lowest BCUT2D eigenvalue weighted by atomic mass is 10.2. The number of anilines is 1. The summed E-state index contributed by atoms with van der Waals surface area (Å²) in [7, 11) is 0. The van der Waals surface area contributed by atoms with E-state index < -0.39 is 0 Å². The van der Waals surface area contributed by atoms with Crippen LogP contribution in [0.2, 0.25) is 0 Å². The average molecular weight is 223 g/mol. The first kappa shape index (κ1) is 10.8. The molecule has 2 nitrogen and oxygen atoms in total. The summed E-state index contributed by atoms with van der Waals surface area (Å²) in [5.74, 6) is 0. The molecule has 1 aromatic rings. The van der Waals surface area contributed by atoms with E-state index >= 15 is 0 Å². The van der Waals surface area contributed by atoms with Gasteiger partial charge in [0.15, 0.2) is 0 Å². The largest absolute Gasteiger partial charge is 0.398 e. The van der Waals surface area contributed by atoms with Gasteiger partial charge in [-0.3, -0.25) is 0 Å². The zero-order valence-corrected chi connectivity index (χ0v) is 9.76. The van der Waals surface area contributed by atoms with Gasteiger partial charge in [-0.1, -0.05) is 6.07 Å². The van der Waals surface area contributed by atoms with Crippen molar-refractivity contribution in [3.05, 3.63) is 23.8 Å². The van der Waals surface area contributed by atoms with E-state index in [1.807, 2.05) is 12.1 Å². The number of nitrogens with two attached hydrogens (primary N) is 1. The summed E-state index contributed by atoms with van der Waals surface area (Å²) in [6.07, 6.45) is 3.00. The van der Waals surface area contributed by atoms with Crippen molar-refractivity contribution in [2.24, 2.45) is 0 Å². The summed E-state index contributed by atoms with van der Waals surface area (Å²) < 4.78 is 0. The Morgan fingerprint density at radius 2 is 2.20 bits per heavy atom. The number of aryl methyl sites for hydroxylation is 1. The van der Waals surface area contributed by atoms with Crippen LogP contribution in [0, 0.1) is 6.92 Å². The second kappa shape index (κ2) is 4.45. The maximum absolute atomic E-state index is 9.75. The number of nitrogen functional groups attached to an aromatic ring is 1. The summed E-state index contributed by atoms with van der Waals surface area (Å²) in [5, 5.41) is 10.1. The molecule has 0 amide bonds. The maximum atomic E-state index is 9.75. The monoisotopic (exact) mass is 223 g/mol. The third-order valence-electron chi connectivity index (χ3n) is 2.87. The molecule has 0 aliphatic heterocycles. The van der Waals surface area contributed by atoms with Crippen LogP contribution in [0.15, 0.2) is 23.1 Å². The maximum Gasteiger partial charge on any atom is 0.0662 e. The fraction of sp³-hybridized carbons (Fsp3) is 0.500. The second-order valence-corrected chi connectivity index (χ2v) is 5.48. The minimum Gasteiger partial charge on any atom is -0.398 e. The number of rotatable bonds is 2. The van der Waals surface area contributed by atoms with Gasteiger partial charge >= 0.3 is 0 Å². The van der Waals surface area contributed by atoms with E-state index in [9.17, 15) is 5.11 Å². The molecular formula is C12H17NOS. The van der Waals surface area contributed by atoms with E-state index in [0.717, 1.165) is 29.8 Å². The molecule has 2 rings (SSSR count). The molecule has 1 fully saturated rings. The highest BCUT2D eigenvalue weighted by Gasteiger charge is 2.26. The van der Waals surface area contributed by atoms with Gasteiger partial charge in [-0.2, -0.15) is 0 Å². The third kappa shape index (κ3) is 2.47. The smallest absolute Gasteiger partial charge is 0.0662 e. The molecular weight excluding hydrogens is 206 g/mol. The zero-order chi connectivity index (χ0) is 10.8. The molecule has 1 aromatic carbocycles. The zero-order valence-electron chi connectivity index (χ0n) is 8.94. The molecule has 0 radical (unpaired) electrons. The van der Waals surface area contributed by atoms with Crippen LogP contribution in [0.4, 0.5) is 5.69 Å². The van der Waals surface area contributed by atoms with Crippen molar-refractivity contribution in [3.8, 4) is 0 Å². The van der Waals surface area contributed by atoms with Gasteiger partial charge in [0.05, 0.1) is 6.10 Å². The lowest BCUT2D eigenvalue weighted by molar-refractivity contribution is 0.188. The van der Waals surface area contributed by atoms with Crippen molar-refractivity contribution in [1.29, 1.82) is 0 Å². The van der Waals surface area contributed by atoms with Crippen LogP contribution in [0.1, 0.15) is 24.8 Å². The van der Waals surface area contributed by atoms with Crippen LogP contribution < -0.4 is 5.73 Å². The fourth-order valence-corrected chi connectivity index (χ4v) is 3.31. The molecule has 1 aliphatic rings. The van der Waals surface area contributed by atoms with Crippen molar-refractivity contribution in [1.82, 2.24) is 0 Å². The Labute approximate surface area is 94.9 Å². The second-order valence-electron chi connectivity index (χ2n) is 4.20. The Balaban J connectivity index is 2.12. The molecule has 0 aromatic heterocycles. The number of aliphatic hydroxyl groups is 1. The summed E-state index contributed by atoms with van der Waals surface area (Å²) in [6.45, 7) is 2.06. The third-order valence-corrected chi connectivity index (χ3v) is 4.33. The predicted octanol–water partition coefficient (Wildman–Crippen LogP) is 2.58. The highest BCUT2D eigenvalue weighted by molar-refractivity contribution is 8.00. The van der Waals surface area contributed by atoms with Gasteiger partial charge in [0, 0.05) is 15.8 Å². The fourth-order valence-electron chi connectivity index (χ4n) is 1.95. The Morgan fingerprint density at radius 3 is 2.87 bits per heavy atom. The first-order chi connectivity index (χ1) is 7.16. The lowest BCUT2D eigenvalue weighted by Gasteiger charge is -2.15. The Morgan fingerprint density at radius 1 is 1.40 bits per heavy atom. The van der Waals surface area contributed by atoms with Crippen molar-refractivity contribution in [3.63, 3.8) is 0 Å². The van der Waals surface area contributed by atoms with Crippen LogP contribution in [0.3, 0.4) is 0 Å². The summed E-state index contributed by atoms with van der Waals surface area (Å²) >= 11 is 1.73. The van der Waals surface area contributed by atoms with E-state index in [4.69, 9.17) is 5.73 Å². The first-order valence-corrected chi connectivity index (χ1v) is 6.25. The van der Waals surface area contributed by atoms with E-state index in [2.05, 4.69) is 13.0 Å². The van der Waals surface area contributed by atoms with E-state index in [1.165, 1.54) is 5.56 Å². The van der Waals surface area contributed by atoms with Gasteiger partial charge in [0.2, 0.25) is 0 Å². The normalized spacial score (nSPS) is 25.7. The minimum atomic E-state index is -0.157. The van der Waals surface area contributed by atoms with Crippen LogP contribution in [-0.4, -0.2) is 16.5 Å². The van der Waals surface area contributed by atoms with Crippen molar-refractivity contribution in [2.45, 2.75) is 42.4 Å². The number of hydrogen-bond donors (Lipinski definition) is 2. The highest BCUT2D eigenvalue weighted by atomic mass is 32.2. The van der Waals surface area contributed by atoms with Gasteiger partial charge in [-0.05, 0) is 43.9 Å². The summed E-state index contributed by atoms with van der Waals surface area (Å²) in [5.41, 5.74) is 7.96. The SMILES string of the molecule is Cc1ccc(N)c(SC2CCCC2O)c1. The molecule has 2 unspecified atom stereocenters. The molecule has 3 heteroatoms. The predicted molar refractivity (Wildman–Crippen MR) is 65.1 cm³/mol. The molecule has 82 valence electrons. The molecule has 15 heavy (non-hydrogen) atoms. The Bertz CT molecular complexity index is 353. The molecule has 0 bridgehead atoms. The van der Waals surface area contributed by atoms with Gasteiger partial charge in [-0.15, -0.1) is 11.8 Å². The van der Waals surface area contributed by atoms with Gasteiger partial charge < -0.3 is 10.8 Å². The lowest BCUT2D eigenvalue weighted by Crippen LogP contribution is -2.15. The van der Waals surface area contributed by atoms with Crippen LogP contribution in [-0.2, 0) is 0 Å². The Hall–Kier alpha value is -0.670. The van der Waals surface area contributed by atoms with Crippen LogP contribution in [0.25, 0.3) is 0 Å². The van der Waals surface area contributed by atoms with E-state index in [0.29, 0.717) is 5.25 Å². The Kier molecular flexibility index (Phi) is 3.22. The van der Waals surface area contributed by atoms with Crippen LogP contribution >= 0.6 is 11.8 Å². The molecule has 2 atom stereocenters. The molecule has 3 N–H and O–H groups in total. The van der Waals surface area contributed by atoms with Crippen LogP contribution in [0.5, 0.6) is 0 Å². The summed E-state index contributed by atoms with van der Waals surface area (Å²) in [6, 6.07) is 6.06. The van der Waals surface area contributed by atoms with Crippen molar-refractivity contribution in [2.75, 3.05) is 5.73 Å². The number of aliphatic hydroxyl groups excluding tert-OH is 1. The van der Waals surface area contributed by atoms with Gasteiger partial charge in [-0.25, -0.2) is 0 Å². The van der Waals surface area contributed by atoms with E-state index in [1.54, 1.807) is 11.8 Å². The standard InChI is InChI=1S/C12H17NOS/c1-8-5-6-9(13)12(7-8)15-11-4-2-3-10(11)14/h5-7,10-11,14H,2-4,13H2,1H3. The number of benzene rings is 1. The highest BCUT2D eigenvalue weighted by Crippen LogP contribution is 2.37. The topological polar surface area (TPSA) is 46.2 Å². The molecule has 1 aliphatic carbocycles. The first-order valence-electron chi connectivity index (χ1n) is 5.37. The van der Waals surface area contributed by atoms with Gasteiger partial charge in [0.25, 0.3) is 0 Å². The van der Waals surface area contributed by atoms with E-state index in [-0.39, 0.29) is 6.10 Å².